The SMILES string of the molecule is N#Cc1cccc(NC(=O)c2cccc(NC(=O)c3nccc4ccccc34)c2)c1. The molecule has 0 aliphatic carbocycles. The lowest BCUT2D eigenvalue weighted by molar-refractivity contribution is 0.101. The normalized spacial score (nSPS) is 10.2. The van der Waals surface area contributed by atoms with Gasteiger partial charge in [0.2, 0.25) is 0 Å². The molecule has 0 saturated carbocycles. The van der Waals surface area contributed by atoms with Crippen LogP contribution in [0.25, 0.3) is 10.8 Å². The van der Waals surface area contributed by atoms with E-state index in [4.69, 9.17) is 5.26 Å². The van der Waals surface area contributed by atoms with E-state index in [9.17, 15) is 9.59 Å². The lowest BCUT2D eigenvalue weighted by atomic mass is 10.1. The molecule has 0 aliphatic heterocycles. The van der Waals surface area contributed by atoms with E-state index in [0.717, 1.165) is 10.8 Å². The second-order valence-corrected chi connectivity index (χ2v) is 6.56. The fraction of sp³-hybridized carbons (Fsp3) is 0. The van der Waals surface area contributed by atoms with Gasteiger partial charge in [0.1, 0.15) is 5.69 Å². The Morgan fingerprint density at radius 1 is 0.800 bits per heavy atom. The number of fused-ring (bicyclic) bond motifs is 1. The van der Waals surface area contributed by atoms with Crippen LogP contribution in [0.3, 0.4) is 0 Å². The number of nitrogens with one attached hydrogen (secondary N) is 2. The Kier molecular flexibility index (Phi) is 5.18. The standard InChI is InChI=1S/C24H16N4O2/c25-15-16-5-3-8-19(13-16)27-23(29)18-7-4-9-20(14-18)28-24(30)22-21-10-2-1-6-17(21)11-12-26-22/h1-14H,(H,27,29)(H,28,30). The van der Waals surface area contributed by atoms with Gasteiger partial charge < -0.3 is 10.6 Å². The van der Waals surface area contributed by atoms with Crippen molar-refractivity contribution < 1.29 is 9.59 Å². The van der Waals surface area contributed by atoms with Crippen LogP contribution in [-0.2, 0) is 0 Å². The maximum atomic E-state index is 12.8. The molecular weight excluding hydrogens is 376 g/mol. The Hall–Kier alpha value is -4.50. The van der Waals surface area contributed by atoms with Crippen molar-refractivity contribution in [2.75, 3.05) is 10.6 Å². The molecule has 0 bridgehead atoms. The van der Waals surface area contributed by atoms with Gasteiger partial charge in [-0.2, -0.15) is 5.26 Å². The number of aromatic nitrogens is 1. The third-order valence-electron chi connectivity index (χ3n) is 4.52. The molecule has 0 saturated heterocycles. The van der Waals surface area contributed by atoms with E-state index in [1.165, 1.54) is 0 Å². The van der Waals surface area contributed by atoms with Crippen molar-refractivity contribution in [3.63, 3.8) is 0 Å². The Bertz CT molecular complexity index is 1300. The fourth-order valence-electron chi connectivity index (χ4n) is 3.10. The minimum atomic E-state index is -0.355. The van der Waals surface area contributed by atoms with Crippen LogP contribution in [0, 0.1) is 11.3 Å². The lowest BCUT2D eigenvalue weighted by Crippen LogP contribution is -2.16. The fourth-order valence-corrected chi connectivity index (χ4v) is 3.10. The smallest absolute Gasteiger partial charge is 0.274 e. The van der Waals surface area contributed by atoms with Gasteiger partial charge >= 0.3 is 0 Å². The molecular formula is C24H16N4O2. The van der Waals surface area contributed by atoms with Crippen molar-refractivity contribution in [1.29, 1.82) is 5.26 Å². The Balaban J connectivity index is 1.53. The molecule has 30 heavy (non-hydrogen) atoms. The first-order valence-corrected chi connectivity index (χ1v) is 9.21. The molecule has 6 heteroatoms. The van der Waals surface area contributed by atoms with Gasteiger partial charge in [-0.1, -0.05) is 36.4 Å². The highest BCUT2D eigenvalue weighted by Gasteiger charge is 2.13. The van der Waals surface area contributed by atoms with Crippen LogP contribution < -0.4 is 10.6 Å². The number of nitrogens with zero attached hydrogens (tertiary/aromatic N) is 2. The first kappa shape index (κ1) is 18.8. The molecule has 6 nitrogen and oxygen atoms in total. The molecule has 2 N–H and O–H groups in total. The number of hydrogen-bond acceptors (Lipinski definition) is 4. The number of carbonyl (C=O) groups excluding carboxylic acids is 2. The molecule has 3 aromatic carbocycles. The maximum Gasteiger partial charge on any atom is 0.274 e. The first-order valence-electron chi connectivity index (χ1n) is 9.21. The van der Waals surface area contributed by atoms with Crippen molar-refractivity contribution in [2.24, 2.45) is 0 Å². The maximum absolute atomic E-state index is 12.8. The average Bonchev–Trinajstić information content (AvgIpc) is 2.79. The Morgan fingerprint density at radius 2 is 1.53 bits per heavy atom. The first-order chi connectivity index (χ1) is 14.6. The predicted molar refractivity (Wildman–Crippen MR) is 115 cm³/mol. The van der Waals surface area contributed by atoms with E-state index in [0.29, 0.717) is 28.2 Å². The number of rotatable bonds is 4. The molecule has 0 aliphatic rings. The summed E-state index contributed by atoms with van der Waals surface area (Å²) in [6.07, 6.45) is 1.59. The van der Waals surface area contributed by atoms with Crippen molar-refractivity contribution in [1.82, 2.24) is 4.98 Å². The second-order valence-electron chi connectivity index (χ2n) is 6.56. The van der Waals surface area contributed by atoms with Gasteiger partial charge in [0.15, 0.2) is 0 Å². The van der Waals surface area contributed by atoms with Gasteiger partial charge in [-0.15, -0.1) is 0 Å². The van der Waals surface area contributed by atoms with Crippen LogP contribution >= 0.6 is 0 Å². The number of amides is 2. The summed E-state index contributed by atoms with van der Waals surface area (Å²) in [6.45, 7) is 0. The third kappa shape index (κ3) is 4.01. The van der Waals surface area contributed by atoms with Crippen molar-refractivity contribution in [3.05, 3.63) is 102 Å². The highest BCUT2D eigenvalue weighted by molar-refractivity contribution is 6.12. The van der Waals surface area contributed by atoms with Crippen LogP contribution in [0.4, 0.5) is 11.4 Å². The van der Waals surface area contributed by atoms with Crippen molar-refractivity contribution >= 4 is 34.0 Å². The number of benzene rings is 3. The summed E-state index contributed by atoms with van der Waals surface area (Å²) >= 11 is 0. The van der Waals surface area contributed by atoms with E-state index in [2.05, 4.69) is 15.6 Å². The topological polar surface area (TPSA) is 94.9 Å². The van der Waals surface area contributed by atoms with Gasteiger partial charge in [0.05, 0.1) is 11.6 Å². The van der Waals surface area contributed by atoms with Gasteiger partial charge in [-0.3, -0.25) is 14.6 Å². The molecule has 4 aromatic rings. The summed E-state index contributed by atoms with van der Waals surface area (Å²) in [5.74, 6) is -0.699. The number of pyridine rings is 1. The Labute approximate surface area is 172 Å². The summed E-state index contributed by atoms with van der Waals surface area (Å²) < 4.78 is 0. The summed E-state index contributed by atoms with van der Waals surface area (Å²) in [4.78, 5) is 29.6. The monoisotopic (exact) mass is 392 g/mol. The van der Waals surface area contributed by atoms with Crippen molar-refractivity contribution in [2.45, 2.75) is 0 Å². The number of anilines is 2. The van der Waals surface area contributed by atoms with E-state index in [1.807, 2.05) is 36.4 Å². The zero-order valence-corrected chi connectivity index (χ0v) is 15.8. The molecule has 1 aromatic heterocycles. The zero-order chi connectivity index (χ0) is 20.9. The van der Waals surface area contributed by atoms with Crippen molar-refractivity contribution in [3.8, 4) is 6.07 Å². The van der Waals surface area contributed by atoms with Gasteiger partial charge in [-0.25, -0.2) is 0 Å². The van der Waals surface area contributed by atoms with Crippen LogP contribution in [0.15, 0.2) is 85.1 Å². The quantitative estimate of drug-likeness (QED) is 0.530. The van der Waals surface area contributed by atoms with Gasteiger partial charge in [0, 0.05) is 28.5 Å². The molecule has 0 atom stereocenters. The van der Waals surface area contributed by atoms with Gasteiger partial charge in [-0.05, 0) is 47.9 Å². The average molecular weight is 392 g/mol. The molecule has 4 rings (SSSR count). The van der Waals surface area contributed by atoms with Crippen LogP contribution in [-0.4, -0.2) is 16.8 Å². The largest absolute Gasteiger partial charge is 0.322 e. The van der Waals surface area contributed by atoms with Crippen LogP contribution in [0.2, 0.25) is 0 Å². The van der Waals surface area contributed by atoms with Crippen LogP contribution in [0.5, 0.6) is 0 Å². The number of hydrogen-bond donors (Lipinski definition) is 2. The van der Waals surface area contributed by atoms with Crippen LogP contribution in [0.1, 0.15) is 26.4 Å². The highest BCUT2D eigenvalue weighted by atomic mass is 16.2. The predicted octanol–water partition coefficient (Wildman–Crippen LogP) is 4.61. The van der Waals surface area contributed by atoms with E-state index in [-0.39, 0.29) is 11.8 Å². The highest BCUT2D eigenvalue weighted by Crippen LogP contribution is 2.19. The summed E-state index contributed by atoms with van der Waals surface area (Å²) in [6, 6.07) is 24.7. The molecule has 1 heterocycles. The number of nitriles is 1. The molecule has 0 unspecified atom stereocenters. The summed E-state index contributed by atoms with van der Waals surface area (Å²) in [5.41, 5.74) is 2.15. The van der Waals surface area contributed by atoms with Gasteiger partial charge in [0.25, 0.3) is 11.8 Å². The third-order valence-corrected chi connectivity index (χ3v) is 4.52. The second kappa shape index (κ2) is 8.25. The minimum absolute atomic E-state index is 0.316. The molecule has 2 amide bonds. The molecule has 0 fully saturated rings. The summed E-state index contributed by atoms with van der Waals surface area (Å²) in [7, 11) is 0. The lowest BCUT2D eigenvalue weighted by Gasteiger charge is -2.09. The van der Waals surface area contributed by atoms with E-state index >= 15 is 0 Å². The number of carbonyl (C=O) groups is 2. The zero-order valence-electron chi connectivity index (χ0n) is 15.8. The summed E-state index contributed by atoms with van der Waals surface area (Å²) in [5, 5.41) is 16.2. The molecule has 0 radical (unpaired) electrons. The Morgan fingerprint density at radius 3 is 2.37 bits per heavy atom. The molecule has 144 valence electrons. The molecule has 0 spiro atoms. The minimum Gasteiger partial charge on any atom is -0.322 e. The van der Waals surface area contributed by atoms with E-state index in [1.54, 1.807) is 54.7 Å². The van der Waals surface area contributed by atoms with E-state index < -0.39 is 0 Å².